The quantitative estimate of drug-likeness (QED) is 0.412. The Kier molecular flexibility index (Phi) is 7.09. The van der Waals surface area contributed by atoms with E-state index in [1.165, 1.54) is 28.6 Å². The lowest BCUT2D eigenvalue weighted by Crippen LogP contribution is -2.28. The summed E-state index contributed by atoms with van der Waals surface area (Å²) in [6.45, 7) is 3.37. The van der Waals surface area contributed by atoms with Crippen LogP contribution in [-0.2, 0) is 35.5 Å². The molecule has 0 saturated carbocycles. The first-order valence-corrected chi connectivity index (χ1v) is 12.4. The molecule has 0 atom stereocenters. The molecule has 4 rings (SSSR count). The number of methoxy groups -OCH3 is 1. The molecule has 0 unspecified atom stereocenters. The zero-order valence-corrected chi connectivity index (χ0v) is 19.5. The molecule has 0 saturated heterocycles. The molecule has 164 valence electrons. The molecule has 1 amide bonds. The highest BCUT2D eigenvalue weighted by Gasteiger charge is 2.22. The van der Waals surface area contributed by atoms with Crippen LogP contribution in [0.25, 0.3) is 10.2 Å². The summed E-state index contributed by atoms with van der Waals surface area (Å²) in [4.78, 5) is 32.7. The van der Waals surface area contributed by atoms with Crippen molar-refractivity contribution >= 4 is 39.2 Å². The van der Waals surface area contributed by atoms with Crippen molar-refractivity contribution in [3.8, 4) is 0 Å². The standard InChI is InChI=1S/C23H27N3O3S2/c1-15-7-3-4-8-16(15)13-24-19(27)14-30-23-25-21-20(22(28)26(23)11-12-29-2)17-9-5-6-10-18(17)31-21/h3-4,7-8H,5-6,9-14H2,1-2H3,(H,24,27). The topological polar surface area (TPSA) is 73.2 Å². The zero-order chi connectivity index (χ0) is 21.8. The molecule has 0 spiro atoms. The number of ether oxygens (including phenoxy) is 1. The van der Waals surface area contributed by atoms with Crippen LogP contribution in [0.1, 0.15) is 34.4 Å². The molecule has 1 N–H and O–H groups in total. The molecular formula is C23H27N3O3S2. The number of amides is 1. The highest BCUT2D eigenvalue weighted by atomic mass is 32.2. The highest BCUT2D eigenvalue weighted by molar-refractivity contribution is 7.99. The van der Waals surface area contributed by atoms with Gasteiger partial charge in [-0.15, -0.1) is 11.3 Å². The van der Waals surface area contributed by atoms with Gasteiger partial charge >= 0.3 is 0 Å². The highest BCUT2D eigenvalue weighted by Crippen LogP contribution is 2.34. The third kappa shape index (κ3) is 4.86. The molecular weight excluding hydrogens is 430 g/mol. The average molecular weight is 458 g/mol. The van der Waals surface area contributed by atoms with Gasteiger partial charge in [-0.3, -0.25) is 14.2 Å². The van der Waals surface area contributed by atoms with Crippen molar-refractivity contribution in [2.24, 2.45) is 0 Å². The van der Waals surface area contributed by atoms with Crippen LogP contribution in [0.5, 0.6) is 0 Å². The molecule has 1 aliphatic carbocycles. The lowest BCUT2D eigenvalue weighted by molar-refractivity contribution is -0.118. The molecule has 2 heterocycles. The number of nitrogens with zero attached hydrogens (tertiary/aromatic N) is 2. The average Bonchev–Trinajstić information content (AvgIpc) is 3.15. The second kappa shape index (κ2) is 9.97. The summed E-state index contributed by atoms with van der Waals surface area (Å²) >= 11 is 2.95. The number of nitrogens with one attached hydrogen (secondary N) is 1. The summed E-state index contributed by atoms with van der Waals surface area (Å²) in [5.41, 5.74) is 3.42. The van der Waals surface area contributed by atoms with Crippen LogP contribution in [0.4, 0.5) is 0 Å². The summed E-state index contributed by atoms with van der Waals surface area (Å²) in [7, 11) is 1.62. The van der Waals surface area contributed by atoms with Gasteiger partial charge in [-0.2, -0.15) is 0 Å². The van der Waals surface area contributed by atoms with Gasteiger partial charge in [0.2, 0.25) is 5.91 Å². The fraction of sp³-hybridized carbons (Fsp3) is 0.435. The smallest absolute Gasteiger partial charge is 0.263 e. The van der Waals surface area contributed by atoms with Crippen molar-refractivity contribution < 1.29 is 9.53 Å². The summed E-state index contributed by atoms with van der Waals surface area (Å²) in [6.07, 6.45) is 4.26. The maximum atomic E-state index is 13.3. The fourth-order valence-electron chi connectivity index (χ4n) is 3.89. The van der Waals surface area contributed by atoms with Crippen LogP contribution in [0.15, 0.2) is 34.2 Å². The largest absolute Gasteiger partial charge is 0.383 e. The van der Waals surface area contributed by atoms with Gasteiger partial charge in [-0.05, 0) is 49.3 Å². The van der Waals surface area contributed by atoms with E-state index in [4.69, 9.17) is 9.72 Å². The van der Waals surface area contributed by atoms with Crippen LogP contribution in [0, 0.1) is 6.92 Å². The van der Waals surface area contributed by atoms with E-state index < -0.39 is 0 Å². The van der Waals surface area contributed by atoms with E-state index in [-0.39, 0.29) is 17.2 Å². The van der Waals surface area contributed by atoms with Crippen molar-refractivity contribution in [1.29, 1.82) is 0 Å². The van der Waals surface area contributed by atoms with Gasteiger partial charge in [0.05, 0.1) is 24.3 Å². The molecule has 8 heteroatoms. The van der Waals surface area contributed by atoms with Gasteiger partial charge in [0.15, 0.2) is 5.16 Å². The first kappa shape index (κ1) is 22.0. The number of carbonyl (C=O) groups excluding carboxylic acids is 1. The number of thioether (sulfide) groups is 1. The number of rotatable bonds is 8. The minimum Gasteiger partial charge on any atom is -0.383 e. The Labute approximate surface area is 190 Å². The summed E-state index contributed by atoms with van der Waals surface area (Å²) in [6, 6.07) is 8.00. The molecule has 1 aromatic carbocycles. The van der Waals surface area contributed by atoms with Gasteiger partial charge < -0.3 is 10.1 Å². The second-order valence-corrected chi connectivity index (χ2v) is 9.75. The first-order valence-electron chi connectivity index (χ1n) is 10.6. The molecule has 31 heavy (non-hydrogen) atoms. The monoisotopic (exact) mass is 457 g/mol. The molecule has 6 nitrogen and oxygen atoms in total. The number of hydrogen-bond acceptors (Lipinski definition) is 6. The lowest BCUT2D eigenvalue weighted by Gasteiger charge is -2.13. The normalized spacial score (nSPS) is 13.4. The van der Waals surface area contributed by atoms with Crippen molar-refractivity contribution in [2.75, 3.05) is 19.5 Å². The molecule has 0 radical (unpaired) electrons. The third-order valence-corrected chi connectivity index (χ3v) is 7.79. The fourth-order valence-corrected chi connectivity index (χ4v) is 6.05. The van der Waals surface area contributed by atoms with E-state index in [0.717, 1.165) is 40.6 Å². The SMILES string of the molecule is COCCn1c(SCC(=O)NCc2ccccc2C)nc2sc3c(c2c1=O)CCCC3. The van der Waals surface area contributed by atoms with Crippen molar-refractivity contribution in [3.63, 3.8) is 0 Å². The maximum absolute atomic E-state index is 13.3. The second-order valence-electron chi connectivity index (χ2n) is 7.73. The Bertz CT molecular complexity index is 1150. The minimum atomic E-state index is -0.0774. The summed E-state index contributed by atoms with van der Waals surface area (Å²) in [5, 5.41) is 4.32. The van der Waals surface area contributed by atoms with Crippen LogP contribution >= 0.6 is 23.1 Å². The summed E-state index contributed by atoms with van der Waals surface area (Å²) in [5.74, 6) is 0.133. The van der Waals surface area contributed by atoms with E-state index in [2.05, 4.69) is 5.32 Å². The van der Waals surface area contributed by atoms with Crippen LogP contribution < -0.4 is 10.9 Å². The Balaban J connectivity index is 1.54. The van der Waals surface area contributed by atoms with E-state index >= 15 is 0 Å². The van der Waals surface area contributed by atoms with Crippen molar-refractivity contribution in [1.82, 2.24) is 14.9 Å². The Morgan fingerprint density at radius 1 is 1.29 bits per heavy atom. The molecule has 0 fully saturated rings. The van der Waals surface area contributed by atoms with Crippen LogP contribution in [-0.4, -0.2) is 34.9 Å². The molecule has 3 aromatic rings. The van der Waals surface area contributed by atoms with Crippen molar-refractivity contribution in [2.45, 2.75) is 50.9 Å². The summed E-state index contributed by atoms with van der Waals surface area (Å²) < 4.78 is 6.89. The number of fused-ring (bicyclic) bond motifs is 3. The lowest BCUT2D eigenvalue weighted by atomic mass is 9.97. The minimum absolute atomic E-state index is 0.00994. The van der Waals surface area contributed by atoms with E-state index in [0.29, 0.717) is 24.9 Å². The van der Waals surface area contributed by atoms with Crippen molar-refractivity contribution in [3.05, 3.63) is 56.2 Å². The third-order valence-electron chi connectivity index (χ3n) is 5.63. The van der Waals surface area contributed by atoms with Crippen LogP contribution in [0.2, 0.25) is 0 Å². The van der Waals surface area contributed by atoms with E-state index in [1.807, 2.05) is 31.2 Å². The number of hydrogen-bond donors (Lipinski definition) is 1. The Hall–Kier alpha value is -2.16. The maximum Gasteiger partial charge on any atom is 0.263 e. The number of aryl methyl sites for hydroxylation is 3. The predicted octanol–water partition coefficient (Wildman–Crippen LogP) is 3.70. The van der Waals surface area contributed by atoms with Gasteiger partial charge in [-0.1, -0.05) is 36.0 Å². The van der Waals surface area contributed by atoms with Crippen LogP contribution in [0.3, 0.4) is 0 Å². The molecule has 0 aliphatic heterocycles. The van der Waals surface area contributed by atoms with Gasteiger partial charge in [0.1, 0.15) is 4.83 Å². The number of benzene rings is 1. The van der Waals surface area contributed by atoms with Gasteiger partial charge in [0.25, 0.3) is 5.56 Å². The van der Waals surface area contributed by atoms with E-state index in [1.54, 1.807) is 23.0 Å². The Morgan fingerprint density at radius 3 is 2.90 bits per heavy atom. The Morgan fingerprint density at radius 2 is 2.10 bits per heavy atom. The zero-order valence-electron chi connectivity index (χ0n) is 17.9. The van der Waals surface area contributed by atoms with E-state index in [9.17, 15) is 9.59 Å². The number of aromatic nitrogens is 2. The number of carbonyl (C=O) groups is 1. The number of thiophene rings is 1. The van der Waals surface area contributed by atoms with Gasteiger partial charge in [0, 0.05) is 18.5 Å². The molecule has 0 bridgehead atoms. The van der Waals surface area contributed by atoms with Gasteiger partial charge in [-0.25, -0.2) is 4.98 Å². The first-order chi connectivity index (χ1) is 15.1. The molecule has 1 aliphatic rings. The predicted molar refractivity (Wildman–Crippen MR) is 126 cm³/mol. The molecule has 2 aromatic heterocycles.